The van der Waals surface area contributed by atoms with Gasteiger partial charge in [0.1, 0.15) is 13.2 Å². The molecule has 6 nitrogen and oxygen atoms in total. The van der Waals surface area contributed by atoms with Crippen LogP contribution in [-0.4, -0.2) is 37.2 Å². The van der Waals surface area contributed by atoms with E-state index in [4.69, 9.17) is 14.2 Å². The van der Waals surface area contributed by atoms with E-state index in [9.17, 15) is 14.4 Å². The van der Waals surface area contributed by atoms with Crippen molar-refractivity contribution in [2.75, 3.05) is 13.2 Å². The van der Waals surface area contributed by atoms with Crippen LogP contribution in [0.15, 0.2) is 12.2 Å². The Labute approximate surface area is 405 Å². The van der Waals surface area contributed by atoms with Gasteiger partial charge in [0, 0.05) is 19.3 Å². The molecule has 0 bridgehead atoms. The van der Waals surface area contributed by atoms with Crippen molar-refractivity contribution < 1.29 is 28.6 Å². The number of hydrogen-bond donors (Lipinski definition) is 0. The highest BCUT2D eigenvalue weighted by molar-refractivity contribution is 5.71. The maximum atomic E-state index is 12.8. The zero-order valence-corrected chi connectivity index (χ0v) is 44.0. The summed E-state index contributed by atoms with van der Waals surface area (Å²) in [7, 11) is 0. The third kappa shape index (κ3) is 53.0. The van der Waals surface area contributed by atoms with E-state index in [1.54, 1.807) is 0 Å². The fraction of sp³-hybridized carbons (Fsp3) is 0.915. The zero-order chi connectivity index (χ0) is 47.2. The topological polar surface area (TPSA) is 78.9 Å². The molecule has 0 radical (unpaired) electrons. The summed E-state index contributed by atoms with van der Waals surface area (Å²) in [6.07, 6.45) is 62.0. The van der Waals surface area contributed by atoms with Gasteiger partial charge in [-0.05, 0) is 44.9 Å². The van der Waals surface area contributed by atoms with E-state index in [1.165, 1.54) is 231 Å². The highest BCUT2D eigenvalue weighted by Gasteiger charge is 2.19. The lowest BCUT2D eigenvalue weighted by Crippen LogP contribution is -2.30. The second-order valence-corrected chi connectivity index (χ2v) is 19.9. The molecule has 0 amide bonds. The number of unbranched alkanes of at least 4 members (excludes halogenated alkanes) is 41. The summed E-state index contributed by atoms with van der Waals surface area (Å²) in [6.45, 7) is 6.68. The predicted molar refractivity (Wildman–Crippen MR) is 280 cm³/mol. The van der Waals surface area contributed by atoms with Gasteiger partial charge in [0.2, 0.25) is 0 Å². The second-order valence-electron chi connectivity index (χ2n) is 19.9. The van der Waals surface area contributed by atoms with Crippen molar-refractivity contribution in [3.05, 3.63) is 12.2 Å². The van der Waals surface area contributed by atoms with Gasteiger partial charge in [-0.1, -0.05) is 277 Å². The minimum absolute atomic E-state index is 0.0657. The monoisotopic (exact) mass is 917 g/mol. The Bertz CT molecular complexity index is 1010. The van der Waals surface area contributed by atoms with Crippen LogP contribution in [0.4, 0.5) is 0 Å². The molecule has 65 heavy (non-hydrogen) atoms. The predicted octanol–water partition coefficient (Wildman–Crippen LogP) is 19.3. The molecule has 0 aliphatic heterocycles. The second kappa shape index (κ2) is 54.8. The summed E-state index contributed by atoms with van der Waals surface area (Å²) >= 11 is 0. The van der Waals surface area contributed by atoms with Crippen molar-refractivity contribution in [3.63, 3.8) is 0 Å². The molecular formula is C59H112O6. The van der Waals surface area contributed by atoms with Crippen LogP contribution in [0.25, 0.3) is 0 Å². The van der Waals surface area contributed by atoms with Crippen LogP contribution in [0.2, 0.25) is 0 Å². The molecule has 0 fully saturated rings. The van der Waals surface area contributed by atoms with Gasteiger partial charge in [0.15, 0.2) is 6.10 Å². The number of allylic oxidation sites excluding steroid dienone is 2. The fourth-order valence-electron chi connectivity index (χ4n) is 8.85. The average molecular weight is 918 g/mol. The number of esters is 3. The molecule has 0 aromatic heterocycles. The molecule has 1 atom stereocenters. The van der Waals surface area contributed by atoms with E-state index >= 15 is 0 Å². The molecular weight excluding hydrogens is 805 g/mol. The minimum atomic E-state index is -0.766. The smallest absolute Gasteiger partial charge is 0.306 e. The van der Waals surface area contributed by atoms with Crippen molar-refractivity contribution in [2.24, 2.45) is 0 Å². The van der Waals surface area contributed by atoms with Gasteiger partial charge in [-0.25, -0.2) is 0 Å². The number of ether oxygens (including phenoxy) is 3. The Balaban J connectivity index is 4.31. The molecule has 0 saturated carbocycles. The van der Waals surface area contributed by atoms with Crippen LogP contribution in [0, 0.1) is 0 Å². The largest absolute Gasteiger partial charge is 0.462 e. The van der Waals surface area contributed by atoms with Crippen molar-refractivity contribution in [1.82, 2.24) is 0 Å². The first-order valence-corrected chi connectivity index (χ1v) is 29.2. The summed E-state index contributed by atoms with van der Waals surface area (Å²) in [5.41, 5.74) is 0. The van der Waals surface area contributed by atoms with E-state index in [2.05, 4.69) is 32.9 Å². The molecule has 1 unspecified atom stereocenters. The van der Waals surface area contributed by atoms with Crippen LogP contribution < -0.4 is 0 Å². The lowest BCUT2D eigenvalue weighted by Gasteiger charge is -2.18. The third-order valence-electron chi connectivity index (χ3n) is 13.3. The first-order valence-electron chi connectivity index (χ1n) is 29.2. The van der Waals surface area contributed by atoms with Gasteiger partial charge in [0.25, 0.3) is 0 Å². The Morgan fingerprint density at radius 3 is 0.785 bits per heavy atom. The van der Waals surface area contributed by atoms with Gasteiger partial charge in [-0.3, -0.25) is 14.4 Å². The standard InChI is InChI=1S/C59H112O6/c1-4-7-10-13-16-19-22-25-28-29-32-34-37-40-43-46-49-52-58(61)64-55-56(65-59(62)53-50-47-44-41-38-35-31-27-24-21-18-15-12-9-6-3)54-63-57(60)51-48-45-42-39-36-33-30-26-23-20-17-14-11-8-5-2/h21,24,56H,4-20,22-23,25-55H2,1-3H3/b24-21-. The Kier molecular flexibility index (Phi) is 53.2. The molecule has 0 saturated heterocycles. The van der Waals surface area contributed by atoms with E-state index < -0.39 is 6.10 Å². The van der Waals surface area contributed by atoms with Crippen LogP contribution in [-0.2, 0) is 28.6 Å². The van der Waals surface area contributed by atoms with Crippen LogP contribution in [0.5, 0.6) is 0 Å². The molecule has 0 heterocycles. The van der Waals surface area contributed by atoms with Crippen molar-refractivity contribution in [3.8, 4) is 0 Å². The molecule has 0 spiro atoms. The minimum Gasteiger partial charge on any atom is -0.462 e. The molecule has 0 aromatic carbocycles. The summed E-state index contributed by atoms with van der Waals surface area (Å²) < 4.78 is 16.9. The van der Waals surface area contributed by atoms with Crippen LogP contribution in [0.3, 0.4) is 0 Å². The highest BCUT2D eigenvalue weighted by atomic mass is 16.6. The quantitative estimate of drug-likeness (QED) is 0.0262. The molecule has 0 aliphatic rings. The van der Waals surface area contributed by atoms with Crippen molar-refractivity contribution in [1.29, 1.82) is 0 Å². The number of hydrogen-bond acceptors (Lipinski definition) is 6. The summed E-state index contributed by atoms with van der Waals surface area (Å²) in [6, 6.07) is 0. The lowest BCUT2D eigenvalue weighted by molar-refractivity contribution is -0.167. The first-order chi connectivity index (χ1) is 32.0. The number of rotatable bonds is 54. The van der Waals surface area contributed by atoms with Gasteiger partial charge < -0.3 is 14.2 Å². The van der Waals surface area contributed by atoms with E-state index in [0.29, 0.717) is 19.3 Å². The summed E-state index contributed by atoms with van der Waals surface area (Å²) in [4.78, 5) is 38.1. The maximum absolute atomic E-state index is 12.8. The van der Waals surface area contributed by atoms with Crippen molar-refractivity contribution >= 4 is 17.9 Å². The fourth-order valence-corrected chi connectivity index (χ4v) is 8.85. The highest BCUT2D eigenvalue weighted by Crippen LogP contribution is 2.17. The number of carbonyl (C=O) groups excluding carboxylic acids is 3. The molecule has 384 valence electrons. The Morgan fingerprint density at radius 1 is 0.292 bits per heavy atom. The molecule has 0 N–H and O–H groups in total. The Hall–Kier alpha value is -1.85. The lowest BCUT2D eigenvalue weighted by atomic mass is 10.0. The average Bonchev–Trinajstić information content (AvgIpc) is 3.30. The van der Waals surface area contributed by atoms with E-state index in [0.717, 1.165) is 57.8 Å². The van der Waals surface area contributed by atoms with E-state index in [1.807, 2.05) is 0 Å². The van der Waals surface area contributed by atoms with Crippen LogP contribution >= 0.6 is 0 Å². The van der Waals surface area contributed by atoms with Gasteiger partial charge in [0.05, 0.1) is 0 Å². The van der Waals surface area contributed by atoms with Crippen molar-refractivity contribution in [2.45, 2.75) is 335 Å². The van der Waals surface area contributed by atoms with Gasteiger partial charge >= 0.3 is 17.9 Å². The van der Waals surface area contributed by atoms with Crippen LogP contribution in [0.1, 0.15) is 329 Å². The molecule has 6 heteroatoms. The summed E-state index contributed by atoms with van der Waals surface area (Å²) in [5, 5.41) is 0. The molecule has 0 rings (SSSR count). The zero-order valence-electron chi connectivity index (χ0n) is 44.0. The molecule has 0 aliphatic carbocycles. The normalized spacial score (nSPS) is 12.0. The summed E-state index contributed by atoms with van der Waals surface area (Å²) in [5.74, 6) is -0.845. The molecule has 0 aromatic rings. The number of carbonyl (C=O) groups is 3. The Morgan fingerprint density at radius 2 is 0.508 bits per heavy atom. The van der Waals surface area contributed by atoms with Gasteiger partial charge in [-0.2, -0.15) is 0 Å². The first kappa shape index (κ1) is 63.1. The van der Waals surface area contributed by atoms with E-state index in [-0.39, 0.29) is 31.1 Å². The third-order valence-corrected chi connectivity index (χ3v) is 13.3. The van der Waals surface area contributed by atoms with Gasteiger partial charge in [-0.15, -0.1) is 0 Å². The SMILES string of the molecule is CCCCCC/C=C\CCCCCCCCCC(=O)OC(COC(=O)CCCCCCCCCCCCCCCCC)COC(=O)CCCCCCCCCCCCCCCCCCC. The maximum Gasteiger partial charge on any atom is 0.306 e.